The predicted molar refractivity (Wildman–Crippen MR) is 143 cm³/mol. The highest BCUT2D eigenvalue weighted by atomic mass is 35.5. The molecule has 2 N–H and O–H groups in total. The Hall–Kier alpha value is -3.89. The third-order valence-electron chi connectivity index (χ3n) is 6.47. The van der Waals surface area contributed by atoms with E-state index in [0.29, 0.717) is 21.8 Å². The maximum absolute atomic E-state index is 14.3. The van der Waals surface area contributed by atoms with Gasteiger partial charge in [0.15, 0.2) is 0 Å². The second-order valence-corrected chi connectivity index (χ2v) is 9.46. The van der Waals surface area contributed by atoms with E-state index < -0.39 is 17.8 Å². The van der Waals surface area contributed by atoms with Gasteiger partial charge in [-0.15, -0.1) is 0 Å². The molecule has 0 heterocycles. The molecule has 1 unspecified atom stereocenters. The third-order valence-corrected chi connectivity index (χ3v) is 6.81. The van der Waals surface area contributed by atoms with E-state index in [9.17, 15) is 14.0 Å². The maximum atomic E-state index is 14.3. The molecular formula is C29H28ClFN4O2. The van der Waals surface area contributed by atoms with E-state index in [1.54, 1.807) is 54.6 Å². The number of nitriles is 1. The van der Waals surface area contributed by atoms with E-state index in [0.717, 1.165) is 32.1 Å². The van der Waals surface area contributed by atoms with Crippen molar-refractivity contribution < 1.29 is 14.0 Å². The number of carbonyl (C=O) groups is 2. The summed E-state index contributed by atoms with van der Waals surface area (Å²) in [6, 6.07) is 20.1. The van der Waals surface area contributed by atoms with Crippen LogP contribution in [0.5, 0.6) is 0 Å². The van der Waals surface area contributed by atoms with Gasteiger partial charge in [0, 0.05) is 28.0 Å². The molecule has 6 nitrogen and oxygen atoms in total. The second kappa shape index (κ2) is 12.4. The quantitative estimate of drug-likeness (QED) is 0.384. The number of benzene rings is 3. The first-order valence-corrected chi connectivity index (χ1v) is 12.7. The molecule has 1 saturated carbocycles. The summed E-state index contributed by atoms with van der Waals surface area (Å²) in [5, 5.41) is 15.5. The molecule has 1 aliphatic carbocycles. The molecule has 0 aliphatic heterocycles. The van der Waals surface area contributed by atoms with Crippen LogP contribution in [0.4, 0.5) is 15.8 Å². The highest BCUT2D eigenvalue weighted by Gasteiger charge is 2.35. The van der Waals surface area contributed by atoms with Crippen molar-refractivity contribution in [1.29, 1.82) is 5.26 Å². The molecule has 190 valence electrons. The lowest BCUT2D eigenvalue weighted by molar-refractivity contribution is -0.126. The van der Waals surface area contributed by atoms with Gasteiger partial charge in [-0.1, -0.05) is 55.1 Å². The van der Waals surface area contributed by atoms with Crippen LogP contribution in [0.25, 0.3) is 0 Å². The summed E-state index contributed by atoms with van der Waals surface area (Å²) in [4.78, 5) is 28.8. The van der Waals surface area contributed by atoms with Gasteiger partial charge in [0.05, 0.1) is 18.2 Å². The number of nitrogens with zero attached hydrogens (tertiary/aromatic N) is 2. The molecule has 0 bridgehead atoms. The summed E-state index contributed by atoms with van der Waals surface area (Å²) in [5.74, 6) is -1.34. The number of carbonyl (C=O) groups excluding carboxylic acids is 2. The standard InChI is InChI=1S/C29H28ClFN4O2/c30-26-12-5-4-11-25(26)28(29(37)34-23-8-2-1-3-9-23)35(24-10-6-7-21(31)17-24)27(36)19-33-22-15-13-20(18-32)14-16-22/h4-7,10-17,23,28,33H,1-3,8-9,19H2,(H,34,37). The summed E-state index contributed by atoms with van der Waals surface area (Å²) in [7, 11) is 0. The van der Waals surface area contributed by atoms with Crippen LogP contribution in [0.1, 0.15) is 49.3 Å². The van der Waals surface area contributed by atoms with Gasteiger partial charge in [0.2, 0.25) is 11.8 Å². The first-order chi connectivity index (χ1) is 18.0. The van der Waals surface area contributed by atoms with Crippen molar-refractivity contribution in [1.82, 2.24) is 5.32 Å². The first-order valence-electron chi connectivity index (χ1n) is 12.3. The highest BCUT2D eigenvalue weighted by Crippen LogP contribution is 2.33. The summed E-state index contributed by atoms with van der Waals surface area (Å²) in [6.07, 6.45) is 4.94. The summed E-state index contributed by atoms with van der Waals surface area (Å²) in [5.41, 5.74) is 1.83. The van der Waals surface area contributed by atoms with Crippen molar-refractivity contribution in [3.8, 4) is 6.07 Å². The predicted octanol–water partition coefficient (Wildman–Crippen LogP) is 5.99. The normalized spacial score (nSPS) is 14.3. The molecule has 37 heavy (non-hydrogen) atoms. The Kier molecular flexibility index (Phi) is 8.76. The number of hydrogen-bond acceptors (Lipinski definition) is 4. The Morgan fingerprint density at radius 1 is 1.03 bits per heavy atom. The largest absolute Gasteiger partial charge is 0.376 e. The topological polar surface area (TPSA) is 85.2 Å². The smallest absolute Gasteiger partial charge is 0.248 e. The molecule has 3 aromatic rings. The number of rotatable bonds is 8. The van der Waals surface area contributed by atoms with Gasteiger partial charge >= 0.3 is 0 Å². The van der Waals surface area contributed by atoms with Crippen LogP contribution < -0.4 is 15.5 Å². The van der Waals surface area contributed by atoms with E-state index in [1.807, 2.05) is 0 Å². The van der Waals surface area contributed by atoms with Crippen LogP contribution in [0.3, 0.4) is 0 Å². The molecular weight excluding hydrogens is 491 g/mol. The fourth-order valence-corrected chi connectivity index (χ4v) is 4.85. The van der Waals surface area contributed by atoms with E-state index in [2.05, 4.69) is 16.7 Å². The maximum Gasteiger partial charge on any atom is 0.248 e. The van der Waals surface area contributed by atoms with Crippen LogP contribution in [0.2, 0.25) is 5.02 Å². The van der Waals surface area contributed by atoms with Crippen molar-refractivity contribution in [2.24, 2.45) is 0 Å². The molecule has 0 saturated heterocycles. The van der Waals surface area contributed by atoms with Gasteiger partial charge < -0.3 is 10.6 Å². The molecule has 0 radical (unpaired) electrons. The highest BCUT2D eigenvalue weighted by molar-refractivity contribution is 6.31. The molecule has 2 amide bonds. The lowest BCUT2D eigenvalue weighted by Gasteiger charge is -2.34. The molecule has 1 fully saturated rings. The Labute approximate surface area is 221 Å². The van der Waals surface area contributed by atoms with Crippen molar-refractivity contribution in [2.75, 3.05) is 16.8 Å². The van der Waals surface area contributed by atoms with Crippen LogP contribution in [0, 0.1) is 17.1 Å². The van der Waals surface area contributed by atoms with Crippen LogP contribution in [-0.4, -0.2) is 24.4 Å². The number of amides is 2. The zero-order valence-electron chi connectivity index (χ0n) is 20.3. The summed E-state index contributed by atoms with van der Waals surface area (Å²) >= 11 is 6.54. The number of nitrogens with one attached hydrogen (secondary N) is 2. The first kappa shape index (κ1) is 26.2. The van der Waals surface area contributed by atoms with E-state index >= 15 is 0 Å². The summed E-state index contributed by atoms with van der Waals surface area (Å²) < 4.78 is 14.3. The minimum atomic E-state index is -1.10. The van der Waals surface area contributed by atoms with Crippen molar-refractivity contribution in [2.45, 2.75) is 44.2 Å². The third kappa shape index (κ3) is 6.66. The van der Waals surface area contributed by atoms with E-state index in [-0.39, 0.29) is 24.2 Å². The molecule has 3 aromatic carbocycles. The lowest BCUT2D eigenvalue weighted by atomic mass is 9.94. The zero-order valence-corrected chi connectivity index (χ0v) is 21.0. The van der Waals surface area contributed by atoms with Gasteiger partial charge in [0.25, 0.3) is 0 Å². The Balaban J connectivity index is 1.69. The Morgan fingerprint density at radius 3 is 2.43 bits per heavy atom. The number of halogens is 2. The van der Waals surface area contributed by atoms with Crippen molar-refractivity contribution >= 4 is 34.8 Å². The average molecular weight is 519 g/mol. The van der Waals surface area contributed by atoms with Gasteiger partial charge in [-0.25, -0.2) is 4.39 Å². The van der Waals surface area contributed by atoms with E-state index in [4.69, 9.17) is 16.9 Å². The minimum Gasteiger partial charge on any atom is -0.376 e. The average Bonchev–Trinajstić information content (AvgIpc) is 2.91. The van der Waals surface area contributed by atoms with Gasteiger partial charge in [-0.05, 0) is 61.4 Å². The van der Waals surface area contributed by atoms with E-state index in [1.165, 1.54) is 23.1 Å². The number of anilines is 2. The van der Waals surface area contributed by atoms with Gasteiger partial charge in [0.1, 0.15) is 11.9 Å². The molecule has 0 spiro atoms. The number of hydrogen-bond donors (Lipinski definition) is 2. The fraction of sp³-hybridized carbons (Fsp3) is 0.276. The zero-order chi connectivity index (χ0) is 26.2. The minimum absolute atomic E-state index is 0.00692. The van der Waals surface area contributed by atoms with Crippen molar-refractivity contribution in [3.63, 3.8) is 0 Å². The van der Waals surface area contributed by atoms with Crippen molar-refractivity contribution in [3.05, 3.63) is 94.8 Å². The Morgan fingerprint density at radius 2 is 1.76 bits per heavy atom. The van der Waals surface area contributed by atoms with Gasteiger partial charge in [-0.2, -0.15) is 5.26 Å². The lowest BCUT2D eigenvalue weighted by Crippen LogP contribution is -2.48. The monoisotopic (exact) mass is 518 g/mol. The Bertz CT molecular complexity index is 1290. The van der Waals surface area contributed by atoms with Crippen LogP contribution >= 0.6 is 11.6 Å². The molecule has 1 atom stereocenters. The SMILES string of the molecule is N#Cc1ccc(NCC(=O)N(c2cccc(F)c2)C(C(=O)NC2CCCCC2)c2ccccc2Cl)cc1. The fourth-order valence-electron chi connectivity index (χ4n) is 4.61. The molecule has 4 rings (SSSR count). The molecule has 0 aromatic heterocycles. The second-order valence-electron chi connectivity index (χ2n) is 9.05. The molecule has 1 aliphatic rings. The van der Waals surface area contributed by atoms with Crippen LogP contribution in [-0.2, 0) is 9.59 Å². The molecule has 8 heteroatoms. The summed E-state index contributed by atoms with van der Waals surface area (Å²) in [6.45, 7) is -0.167. The van der Waals surface area contributed by atoms with Gasteiger partial charge in [-0.3, -0.25) is 14.5 Å². The van der Waals surface area contributed by atoms with Crippen LogP contribution in [0.15, 0.2) is 72.8 Å².